The van der Waals surface area contributed by atoms with Crippen LogP contribution in [0.1, 0.15) is 22.8 Å². The van der Waals surface area contributed by atoms with E-state index in [1.54, 1.807) is 24.3 Å². The first kappa shape index (κ1) is 21.8. The molecule has 2 amide bonds. The Morgan fingerprint density at radius 2 is 1.66 bits per heavy atom. The molecule has 0 atom stereocenters. The molecule has 7 nitrogen and oxygen atoms in total. The van der Waals surface area contributed by atoms with Crippen molar-refractivity contribution in [1.82, 2.24) is 5.32 Å². The SMILES string of the molecule is CC(=O)Nc1ccc(C(=O)OCC(=O)NCCc2ccc(OC(F)F)cc2)cc1. The summed E-state index contributed by atoms with van der Waals surface area (Å²) in [5.74, 6) is -1.30. The maximum atomic E-state index is 12.1. The van der Waals surface area contributed by atoms with Crippen molar-refractivity contribution in [2.75, 3.05) is 18.5 Å². The number of nitrogens with one attached hydrogen (secondary N) is 2. The zero-order valence-electron chi connectivity index (χ0n) is 15.6. The van der Waals surface area contributed by atoms with Gasteiger partial charge < -0.3 is 20.1 Å². The van der Waals surface area contributed by atoms with Gasteiger partial charge in [-0.1, -0.05) is 12.1 Å². The molecule has 0 aliphatic rings. The molecule has 2 aromatic rings. The smallest absolute Gasteiger partial charge is 0.387 e. The molecule has 0 spiro atoms. The van der Waals surface area contributed by atoms with E-state index in [0.717, 1.165) is 5.56 Å². The fraction of sp³-hybridized carbons (Fsp3) is 0.250. The van der Waals surface area contributed by atoms with Crippen molar-refractivity contribution in [1.29, 1.82) is 0 Å². The van der Waals surface area contributed by atoms with Gasteiger partial charge in [0, 0.05) is 19.2 Å². The van der Waals surface area contributed by atoms with Crippen molar-refractivity contribution >= 4 is 23.5 Å². The van der Waals surface area contributed by atoms with E-state index in [1.165, 1.54) is 31.2 Å². The number of ether oxygens (including phenoxy) is 2. The van der Waals surface area contributed by atoms with E-state index < -0.39 is 25.1 Å². The first-order valence-corrected chi connectivity index (χ1v) is 8.68. The molecule has 0 heterocycles. The molecule has 154 valence electrons. The van der Waals surface area contributed by atoms with Crippen LogP contribution in [-0.2, 0) is 20.7 Å². The topological polar surface area (TPSA) is 93.7 Å². The van der Waals surface area contributed by atoms with E-state index in [4.69, 9.17) is 4.74 Å². The Morgan fingerprint density at radius 1 is 1.00 bits per heavy atom. The summed E-state index contributed by atoms with van der Waals surface area (Å²) in [5, 5.41) is 5.17. The number of carbonyl (C=O) groups excluding carboxylic acids is 3. The minimum atomic E-state index is -2.88. The number of amides is 2. The third-order valence-electron chi connectivity index (χ3n) is 3.66. The van der Waals surface area contributed by atoms with Crippen LogP contribution >= 0.6 is 0 Å². The van der Waals surface area contributed by atoms with Gasteiger partial charge in [-0.15, -0.1) is 0 Å². The largest absolute Gasteiger partial charge is 0.452 e. The van der Waals surface area contributed by atoms with Crippen LogP contribution in [0.2, 0.25) is 0 Å². The van der Waals surface area contributed by atoms with E-state index in [9.17, 15) is 23.2 Å². The van der Waals surface area contributed by atoms with Crippen molar-refractivity contribution in [3.8, 4) is 5.75 Å². The Kier molecular flexibility index (Phi) is 8.08. The van der Waals surface area contributed by atoms with Crippen LogP contribution in [0, 0.1) is 0 Å². The molecule has 0 saturated heterocycles. The summed E-state index contributed by atoms with van der Waals surface area (Å²) in [7, 11) is 0. The maximum absolute atomic E-state index is 12.1. The highest BCUT2D eigenvalue weighted by atomic mass is 19.3. The van der Waals surface area contributed by atoms with Crippen LogP contribution in [0.4, 0.5) is 14.5 Å². The molecule has 0 unspecified atom stereocenters. The Bertz CT molecular complexity index is 839. The molecule has 0 fully saturated rings. The van der Waals surface area contributed by atoms with E-state index in [0.29, 0.717) is 12.1 Å². The number of hydrogen-bond donors (Lipinski definition) is 2. The van der Waals surface area contributed by atoms with Crippen molar-refractivity contribution in [2.45, 2.75) is 20.0 Å². The average molecular weight is 406 g/mol. The summed E-state index contributed by atoms with van der Waals surface area (Å²) in [6.45, 7) is -1.65. The second-order valence-corrected chi connectivity index (χ2v) is 5.96. The van der Waals surface area contributed by atoms with Gasteiger partial charge in [-0.2, -0.15) is 8.78 Å². The normalized spacial score (nSPS) is 10.3. The van der Waals surface area contributed by atoms with E-state index in [-0.39, 0.29) is 23.8 Å². The zero-order valence-corrected chi connectivity index (χ0v) is 15.6. The lowest BCUT2D eigenvalue weighted by Crippen LogP contribution is -2.30. The Labute approximate surface area is 166 Å². The molecule has 2 rings (SSSR count). The summed E-state index contributed by atoms with van der Waals surface area (Å²) in [6.07, 6.45) is 0.471. The van der Waals surface area contributed by atoms with Gasteiger partial charge in [0.25, 0.3) is 5.91 Å². The summed E-state index contributed by atoms with van der Waals surface area (Å²) in [5.41, 5.74) is 1.61. The fourth-order valence-electron chi connectivity index (χ4n) is 2.34. The molecule has 0 aromatic heterocycles. The number of esters is 1. The molecule has 0 saturated carbocycles. The molecule has 0 bridgehead atoms. The molecule has 0 aliphatic carbocycles. The summed E-state index contributed by atoms with van der Waals surface area (Å²) < 4.78 is 33.4. The number of hydrogen-bond acceptors (Lipinski definition) is 5. The summed E-state index contributed by atoms with van der Waals surface area (Å²) in [4.78, 5) is 34.7. The maximum Gasteiger partial charge on any atom is 0.387 e. The Morgan fingerprint density at radius 3 is 2.24 bits per heavy atom. The quantitative estimate of drug-likeness (QED) is 0.625. The van der Waals surface area contributed by atoms with Crippen LogP contribution in [0.5, 0.6) is 5.75 Å². The standard InChI is InChI=1S/C20H20F2N2O5/c1-13(25)24-16-6-4-15(5-7-16)19(27)28-12-18(26)23-11-10-14-2-8-17(9-3-14)29-20(21)22/h2-9,20H,10-12H2,1H3,(H,23,26)(H,24,25). The van der Waals surface area contributed by atoms with Gasteiger partial charge in [-0.3, -0.25) is 9.59 Å². The van der Waals surface area contributed by atoms with Crippen molar-refractivity contribution in [2.24, 2.45) is 0 Å². The lowest BCUT2D eigenvalue weighted by atomic mass is 10.1. The number of rotatable bonds is 9. The van der Waals surface area contributed by atoms with Gasteiger partial charge in [0.05, 0.1) is 5.56 Å². The van der Waals surface area contributed by atoms with E-state index in [1.807, 2.05) is 0 Å². The Hall–Kier alpha value is -3.49. The number of alkyl halides is 2. The molecule has 0 aliphatic heterocycles. The summed E-state index contributed by atoms with van der Waals surface area (Å²) in [6, 6.07) is 12.1. The lowest BCUT2D eigenvalue weighted by molar-refractivity contribution is -0.124. The van der Waals surface area contributed by atoms with Gasteiger partial charge in [-0.25, -0.2) is 4.79 Å². The van der Waals surface area contributed by atoms with Crippen molar-refractivity contribution in [3.63, 3.8) is 0 Å². The second-order valence-electron chi connectivity index (χ2n) is 5.96. The second kappa shape index (κ2) is 10.7. The Balaban J connectivity index is 1.70. The monoisotopic (exact) mass is 406 g/mol. The van der Waals surface area contributed by atoms with Crippen LogP contribution in [0.25, 0.3) is 0 Å². The van der Waals surface area contributed by atoms with Crippen LogP contribution in [-0.4, -0.2) is 37.5 Å². The lowest BCUT2D eigenvalue weighted by Gasteiger charge is -2.08. The number of benzene rings is 2. The fourth-order valence-corrected chi connectivity index (χ4v) is 2.34. The predicted octanol–water partition coefficient (Wildman–Crippen LogP) is 2.76. The van der Waals surface area contributed by atoms with Gasteiger partial charge in [0.15, 0.2) is 6.61 Å². The molecule has 0 radical (unpaired) electrons. The molecular formula is C20H20F2N2O5. The molecular weight excluding hydrogens is 386 g/mol. The highest BCUT2D eigenvalue weighted by Crippen LogP contribution is 2.15. The van der Waals surface area contributed by atoms with Gasteiger partial charge in [-0.05, 0) is 48.4 Å². The van der Waals surface area contributed by atoms with Gasteiger partial charge in [0.2, 0.25) is 5.91 Å². The van der Waals surface area contributed by atoms with E-state index in [2.05, 4.69) is 15.4 Å². The van der Waals surface area contributed by atoms with Gasteiger partial charge >= 0.3 is 12.6 Å². The minimum Gasteiger partial charge on any atom is -0.452 e. The minimum absolute atomic E-state index is 0.0600. The third-order valence-corrected chi connectivity index (χ3v) is 3.66. The average Bonchev–Trinajstić information content (AvgIpc) is 2.67. The van der Waals surface area contributed by atoms with Crippen molar-refractivity contribution < 1.29 is 32.6 Å². The number of halogens is 2. The zero-order chi connectivity index (χ0) is 21.2. The first-order valence-electron chi connectivity index (χ1n) is 8.68. The molecule has 29 heavy (non-hydrogen) atoms. The van der Waals surface area contributed by atoms with Gasteiger partial charge in [0.1, 0.15) is 5.75 Å². The van der Waals surface area contributed by atoms with Crippen LogP contribution in [0.15, 0.2) is 48.5 Å². The van der Waals surface area contributed by atoms with Crippen LogP contribution < -0.4 is 15.4 Å². The van der Waals surface area contributed by atoms with Crippen molar-refractivity contribution in [3.05, 3.63) is 59.7 Å². The molecule has 2 aromatic carbocycles. The first-order chi connectivity index (χ1) is 13.8. The van der Waals surface area contributed by atoms with Crippen LogP contribution in [0.3, 0.4) is 0 Å². The highest BCUT2D eigenvalue weighted by Gasteiger charge is 2.10. The summed E-state index contributed by atoms with van der Waals surface area (Å²) >= 11 is 0. The number of anilines is 1. The third kappa shape index (κ3) is 7.96. The highest BCUT2D eigenvalue weighted by molar-refractivity contribution is 5.93. The predicted molar refractivity (Wildman–Crippen MR) is 101 cm³/mol. The molecule has 9 heteroatoms. The molecule has 2 N–H and O–H groups in total. The number of carbonyl (C=O) groups is 3. The van der Waals surface area contributed by atoms with E-state index >= 15 is 0 Å².